The van der Waals surface area contributed by atoms with Gasteiger partial charge in [-0.15, -0.1) is 10.2 Å². The van der Waals surface area contributed by atoms with Gasteiger partial charge in [-0.1, -0.05) is 18.2 Å². The van der Waals surface area contributed by atoms with Crippen LogP contribution in [-0.4, -0.2) is 47.6 Å². The monoisotopic (exact) mass is 364 g/mol. The molecule has 0 bridgehead atoms. The van der Waals surface area contributed by atoms with Gasteiger partial charge >= 0.3 is 0 Å². The van der Waals surface area contributed by atoms with E-state index in [1.54, 1.807) is 38.4 Å². The molecule has 0 aliphatic heterocycles. The van der Waals surface area contributed by atoms with Crippen molar-refractivity contribution >= 4 is 11.8 Å². The molecular formula is C20H20N4O3. The van der Waals surface area contributed by atoms with E-state index in [4.69, 9.17) is 4.42 Å². The zero-order valence-electron chi connectivity index (χ0n) is 15.2. The zero-order chi connectivity index (χ0) is 19.2. The van der Waals surface area contributed by atoms with E-state index in [-0.39, 0.29) is 11.8 Å². The number of carbonyl (C=O) groups is 2. The minimum absolute atomic E-state index is 0.104. The third kappa shape index (κ3) is 4.58. The molecule has 2 aromatic carbocycles. The summed E-state index contributed by atoms with van der Waals surface area (Å²) in [5.41, 5.74) is 1.88. The minimum Gasteiger partial charge on any atom is -0.421 e. The molecule has 0 saturated heterocycles. The molecule has 3 rings (SSSR count). The molecule has 0 fully saturated rings. The van der Waals surface area contributed by atoms with Crippen molar-refractivity contribution in [3.63, 3.8) is 0 Å². The van der Waals surface area contributed by atoms with Crippen LogP contribution < -0.4 is 5.32 Å². The molecule has 0 aliphatic carbocycles. The molecule has 7 heteroatoms. The van der Waals surface area contributed by atoms with Crippen LogP contribution in [0.1, 0.15) is 26.6 Å². The summed E-state index contributed by atoms with van der Waals surface area (Å²) in [4.78, 5) is 25.6. The van der Waals surface area contributed by atoms with Crippen LogP contribution in [-0.2, 0) is 6.42 Å². The van der Waals surface area contributed by atoms with Gasteiger partial charge in [-0.3, -0.25) is 9.59 Å². The largest absolute Gasteiger partial charge is 0.421 e. The molecule has 1 aromatic heterocycles. The van der Waals surface area contributed by atoms with Gasteiger partial charge in [0.05, 0.1) is 0 Å². The van der Waals surface area contributed by atoms with E-state index in [2.05, 4.69) is 15.5 Å². The molecule has 0 spiro atoms. The van der Waals surface area contributed by atoms with E-state index < -0.39 is 0 Å². The Balaban J connectivity index is 1.53. The maximum atomic E-state index is 12.2. The minimum atomic E-state index is -0.221. The number of hydrogen-bond donors (Lipinski definition) is 1. The summed E-state index contributed by atoms with van der Waals surface area (Å²) in [7, 11) is 3.37. The van der Waals surface area contributed by atoms with Crippen molar-refractivity contribution in [1.29, 1.82) is 0 Å². The number of rotatable bonds is 6. The highest BCUT2D eigenvalue weighted by atomic mass is 16.4. The highest BCUT2D eigenvalue weighted by Crippen LogP contribution is 2.16. The first kappa shape index (κ1) is 18.3. The number of nitrogens with one attached hydrogen (secondary N) is 1. The first-order valence-electron chi connectivity index (χ1n) is 8.52. The van der Waals surface area contributed by atoms with Crippen molar-refractivity contribution in [3.05, 3.63) is 71.6 Å². The topological polar surface area (TPSA) is 88.3 Å². The first-order valence-corrected chi connectivity index (χ1v) is 8.52. The molecular weight excluding hydrogens is 344 g/mol. The number of aromatic nitrogens is 2. The number of amides is 2. The van der Waals surface area contributed by atoms with E-state index in [0.29, 0.717) is 35.9 Å². The van der Waals surface area contributed by atoms with Crippen LogP contribution in [0.4, 0.5) is 0 Å². The maximum Gasteiger partial charge on any atom is 0.253 e. The van der Waals surface area contributed by atoms with E-state index in [9.17, 15) is 9.59 Å². The molecule has 2 amide bonds. The molecule has 0 radical (unpaired) electrons. The second-order valence-corrected chi connectivity index (χ2v) is 6.15. The summed E-state index contributed by atoms with van der Waals surface area (Å²) in [5, 5.41) is 10.8. The van der Waals surface area contributed by atoms with Crippen LogP contribution in [0.2, 0.25) is 0 Å². The fraction of sp³-hybridized carbons (Fsp3) is 0.200. The molecule has 27 heavy (non-hydrogen) atoms. The first-order chi connectivity index (χ1) is 13.0. The van der Waals surface area contributed by atoms with Crippen molar-refractivity contribution in [2.45, 2.75) is 6.42 Å². The molecule has 0 unspecified atom stereocenters. The van der Waals surface area contributed by atoms with E-state index in [1.807, 2.05) is 30.3 Å². The van der Waals surface area contributed by atoms with Gasteiger partial charge in [-0.2, -0.15) is 0 Å². The number of hydrogen-bond acceptors (Lipinski definition) is 5. The maximum absolute atomic E-state index is 12.2. The van der Waals surface area contributed by atoms with Crippen LogP contribution in [0.5, 0.6) is 0 Å². The zero-order valence-corrected chi connectivity index (χ0v) is 15.2. The average Bonchev–Trinajstić information content (AvgIpc) is 3.17. The van der Waals surface area contributed by atoms with E-state index in [0.717, 1.165) is 5.56 Å². The average molecular weight is 364 g/mol. The lowest BCUT2D eigenvalue weighted by Crippen LogP contribution is -2.26. The summed E-state index contributed by atoms with van der Waals surface area (Å²) in [6.07, 6.45) is 0.433. The van der Waals surface area contributed by atoms with Gasteiger partial charge in [-0.05, 0) is 36.4 Å². The Bertz CT molecular complexity index is 918. The molecule has 3 aromatic rings. The van der Waals surface area contributed by atoms with E-state index in [1.165, 1.54) is 4.90 Å². The van der Waals surface area contributed by atoms with Crippen molar-refractivity contribution in [1.82, 2.24) is 20.4 Å². The Morgan fingerprint density at radius 2 is 1.63 bits per heavy atom. The highest BCUT2D eigenvalue weighted by Gasteiger charge is 2.11. The number of benzene rings is 2. The molecule has 0 atom stereocenters. The summed E-state index contributed by atoms with van der Waals surface area (Å²) in [6.45, 7) is 0.369. The predicted molar refractivity (Wildman–Crippen MR) is 100 cm³/mol. The van der Waals surface area contributed by atoms with Gasteiger partial charge in [0.25, 0.3) is 11.8 Å². The summed E-state index contributed by atoms with van der Waals surface area (Å²) >= 11 is 0. The molecule has 0 aliphatic rings. The Labute approximate surface area is 157 Å². The standard InChI is InChI=1S/C20H20N4O3/c1-24(2)20(26)16-10-8-14(9-11-16)18(25)21-13-12-17-22-23-19(27-17)15-6-4-3-5-7-15/h3-11H,12-13H2,1-2H3,(H,21,25). The molecule has 1 N–H and O–H groups in total. The van der Waals surface area contributed by atoms with Gasteiger partial charge < -0.3 is 14.6 Å². The second kappa shape index (κ2) is 8.27. The predicted octanol–water partition coefficient (Wildman–Crippen LogP) is 2.41. The van der Waals surface area contributed by atoms with Gasteiger partial charge in [0.2, 0.25) is 11.8 Å². The molecule has 1 heterocycles. The Hall–Kier alpha value is -3.48. The van der Waals surface area contributed by atoms with Crippen LogP contribution in [0.25, 0.3) is 11.5 Å². The van der Waals surface area contributed by atoms with Crippen molar-refractivity contribution in [2.24, 2.45) is 0 Å². The van der Waals surface area contributed by atoms with Gasteiger partial charge in [-0.25, -0.2) is 0 Å². The van der Waals surface area contributed by atoms with Gasteiger partial charge in [0, 0.05) is 43.8 Å². The normalized spacial score (nSPS) is 10.4. The number of nitrogens with zero attached hydrogens (tertiary/aromatic N) is 3. The summed E-state index contributed by atoms with van der Waals surface area (Å²) in [6, 6.07) is 16.0. The third-order valence-corrected chi connectivity index (χ3v) is 3.91. The lowest BCUT2D eigenvalue weighted by molar-refractivity contribution is 0.0826. The fourth-order valence-corrected chi connectivity index (χ4v) is 2.46. The van der Waals surface area contributed by atoms with Crippen molar-refractivity contribution < 1.29 is 14.0 Å². The van der Waals surface area contributed by atoms with Crippen LogP contribution >= 0.6 is 0 Å². The van der Waals surface area contributed by atoms with E-state index >= 15 is 0 Å². The second-order valence-electron chi connectivity index (χ2n) is 6.15. The Kier molecular flexibility index (Phi) is 5.61. The quantitative estimate of drug-likeness (QED) is 0.726. The van der Waals surface area contributed by atoms with Gasteiger partial charge in [0.15, 0.2) is 0 Å². The highest BCUT2D eigenvalue weighted by molar-refractivity contribution is 5.97. The fourth-order valence-electron chi connectivity index (χ4n) is 2.46. The summed E-state index contributed by atoms with van der Waals surface area (Å²) in [5.74, 6) is 0.591. The molecule has 7 nitrogen and oxygen atoms in total. The third-order valence-electron chi connectivity index (χ3n) is 3.91. The smallest absolute Gasteiger partial charge is 0.253 e. The summed E-state index contributed by atoms with van der Waals surface area (Å²) < 4.78 is 5.61. The van der Waals surface area contributed by atoms with Crippen molar-refractivity contribution in [3.8, 4) is 11.5 Å². The SMILES string of the molecule is CN(C)C(=O)c1ccc(C(=O)NCCc2nnc(-c3ccccc3)o2)cc1. The van der Waals surface area contributed by atoms with Crippen molar-refractivity contribution in [2.75, 3.05) is 20.6 Å². The number of carbonyl (C=O) groups excluding carboxylic acids is 2. The molecule has 138 valence electrons. The Morgan fingerprint density at radius 3 is 2.30 bits per heavy atom. The van der Waals surface area contributed by atoms with Crippen LogP contribution in [0.15, 0.2) is 59.0 Å². The lowest BCUT2D eigenvalue weighted by Gasteiger charge is -2.10. The van der Waals surface area contributed by atoms with Crippen LogP contribution in [0.3, 0.4) is 0 Å². The van der Waals surface area contributed by atoms with Gasteiger partial charge in [0.1, 0.15) is 0 Å². The Morgan fingerprint density at radius 1 is 0.963 bits per heavy atom. The van der Waals surface area contributed by atoms with Crippen LogP contribution in [0, 0.1) is 0 Å². The lowest BCUT2D eigenvalue weighted by atomic mass is 10.1. The molecule has 0 saturated carbocycles.